The van der Waals surface area contributed by atoms with Crippen molar-refractivity contribution in [3.8, 4) is 11.1 Å². The summed E-state index contributed by atoms with van der Waals surface area (Å²) in [5, 5.41) is 24.6. The molecule has 0 saturated heterocycles. The van der Waals surface area contributed by atoms with E-state index in [4.69, 9.17) is 11.5 Å². The Morgan fingerprint density at radius 3 is 1.79 bits per heavy atom. The molecule has 0 spiro atoms. The van der Waals surface area contributed by atoms with Crippen molar-refractivity contribution < 1.29 is 0 Å². The van der Waals surface area contributed by atoms with Gasteiger partial charge in [-0.2, -0.15) is 0 Å². The van der Waals surface area contributed by atoms with Crippen LogP contribution in [0.5, 0.6) is 0 Å². The fourth-order valence-electron chi connectivity index (χ4n) is 9.59. The van der Waals surface area contributed by atoms with Gasteiger partial charge in [0, 0.05) is 23.5 Å². The molecule has 0 radical (unpaired) electrons. The van der Waals surface area contributed by atoms with Gasteiger partial charge < -0.3 is 22.1 Å². The van der Waals surface area contributed by atoms with Crippen molar-refractivity contribution in [1.82, 2.24) is 21.3 Å². The molecule has 1 aliphatic heterocycles. The molecule has 1 heterocycles. The summed E-state index contributed by atoms with van der Waals surface area (Å²) < 4.78 is 0. The Kier molecular flexibility index (Phi) is 11.6. The van der Waals surface area contributed by atoms with Crippen LogP contribution in [0.3, 0.4) is 0 Å². The Hall–Kier alpha value is -7.84. The summed E-state index contributed by atoms with van der Waals surface area (Å²) in [4.78, 5) is 0. The van der Waals surface area contributed by atoms with Crippen molar-refractivity contribution in [2.24, 2.45) is 11.5 Å². The third kappa shape index (κ3) is 8.95. The highest BCUT2D eigenvalue weighted by molar-refractivity contribution is 5.93. The number of hydrogen-bond donors (Lipinski definition) is 6. The van der Waals surface area contributed by atoms with E-state index in [2.05, 4.69) is 252 Å². The topological polar surface area (TPSA) is 100 Å². The summed E-state index contributed by atoms with van der Waals surface area (Å²) in [5.41, 5.74) is 24.6. The maximum absolute atomic E-state index is 6.98. The van der Waals surface area contributed by atoms with E-state index in [9.17, 15) is 0 Å². The highest BCUT2D eigenvalue weighted by atomic mass is 15.3. The molecular weight excluding hydrogens is 817 g/mol. The molecule has 326 valence electrons. The van der Waals surface area contributed by atoms with E-state index < -0.39 is 6.17 Å². The third-order valence-corrected chi connectivity index (χ3v) is 13.2. The van der Waals surface area contributed by atoms with Crippen LogP contribution in [0.25, 0.3) is 65.6 Å². The van der Waals surface area contributed by atoms with Gasteiger partial charge in [0.2, 0.25) is 0 Å². The number of rotatable bonds is 12. The molecule has 6 nitrogen and oxygen atoms in total. The molecule has 10 aromatic carbocycles. The highest BCUT2D eigenvalue weighted by Crippen LogP contribution is 2.31. The lowest BCUT2D eigenvalue weighted by Gasteiger charge is -2.35. The minimum absolute atomic E-state index is 0.0551. The van der Waals surface area contributed by atoms with Crippen molar-refractivity contribution in [3.63, 3.8) is 0 Å². The van der Waals surface area contributed by atoms with Crippen molar-refractivity contribution in [2.75, 3.05) is 0 Å². The summed E-state index contributed by atoms with van der Waals surface area (Å²) in [5.74, 6) is 0. The van der Waals surface area contributed by atoms with Crippen LogP contribution in [0, 0.1) is 0 Å². The zero-order valence-electron chi connectivity index (χ0n) is 37.1. The van der Waals surface area contributed by atoms with Crippen LogP contribution in [0.2, 0.25) is 0 Å². The molecule has 0 fully saturated rings. The number of nitrogens with two attached hydrogens (primary N) is 2. The summed E-state index contributed by atoms with van der Waals surface area (Å²) in [6, 6.07) is 77.2. The van der Waals surface area contributed by atoms with Gasteiger partial charge in [-0.25, -0.2) is 0 Å². The average Bonchev–Trinajstić information content (AvgIpc) is 3.39. The molecule has 0 aromatic heterocycles. The second-order valence-electron chi connectivity index (χ2n) is 17.5. The van der Waals surface area contributed by atoms with Crippen LogP contribution >= 0.6 is 0 Å². The molecular formula is C61H52N6. The largest absolute Gasteiger partial charge is 0.398 e. The minimum Gasteiger partial charge on any atom is -0.398 e. The first-order chi connectivity index (χ1) is 33.0. The molecule has 0 amide bonds. The van der Waals surface area contributed by atoms with Crippen LogP contribution in [0.15, 0.2) is 231 Å². The van der Waals surface area contributed by atoms with Gasteiger partial charge in [0.25, 0.3) is 0 Å². The van der Waals surface area contributed by atoms with Gasteiger partial charge in [-0.05, 0) is 106 Å². The first-order valence-corrected chi connectivity index (χ1v) is 23.1. The van der Waals surface area contributed by atoms with Gasteiger partial charge in [-0.3, -0.25) is 10.6 Å². The first-order valence-electron chi connectivity index (χ1n) is 23.1. The van der Waals surface area contributed by atoms with Crippen molar-refractivity contribution in [3.05, 3.63) is 264 Å². The predicted molar refractivity (Wildman–Crippen MR) is 280 cm³/mol. The Morgan fingerprint density at radius 1 is 0.522 bits per heavy atom. The quantitative estimate of drug-likeness (QED) is 0.0684. The van der Waals surface area contributed by atoms with Gasteiger partial charge in [0.05, 0.1) is 18.2 Å². The third-order valence-electron chi connectivity index (χ3n) is 13.2. The normalized spacial score (nSPS) is 16.2. The molecule has 0 bridgehead atoms. The summed E-state index contributed by atoms with van der Waals surface area (Å²) >= 11 is 0. The molecule has 8 N–H and O–H groups in total. The molecule has 4 unspecified atom stereocenters. The standard InChI is InChI=1S/C61H52N6/c62-56(55-22-10-18-45-14-6-8-21-54(45)55)37-57(64-39-52-19-9-17-44-13-5-7-20-53(44)52)46-29-23-42(24-30-46)43-25-31-47(32-26-43)60(63)67-61-65-58(50-33-27-40-11-1-3-15-48(40)35-50)38-59(66-61)51-34-28-41-12-2-4-16-49(41)36-51/h1-38,57-58,60-61,64-67H,39,62-63H2/b56-37-. The Morgan fingerprint density at radius 2 is 1.07 bits per heavy atom. The number of nitrogens with one attached hydrogen (secondary N) is 4. The molecule has 1 aliphatic rings. The Bertz CT molecular complexity index is 3440. The summed E-state index contributed by atoms with van der Waals surface area (Å²) in [7, 11) is 0. The first kappa shape index (κ1) is 41.8. The van der Waals surface area contributed by atoms with E-state index in [0.717, 1.165) is 50.2 Å². The van der Waals surface area contributed by atoms with Crippen LogP contribution in [0.4, 0.5) is 0 Å². The van der Waals surface area contributed by atoms with Crippen LogP contribution in [-0.2, 0) is 6.54 Å². The number of benzene rings is 10. The Balaban J connectivity index is 0.830. The molecule has 6 heteroatoms. The Labute approximate surface area is 391 Å². The van der Waals surface area contributed by atoms with Gasteiger partial charge in [-0.15, -0.1) is 0 Å². The smallest absolute Gasteiger partial charge is 0.134 e. The maximum Gasteiger partial charge on any atom is 0.134 e. The monoisotopic (exact) mass is 868 g/mol. The molecule has 0 aliphatic carbocycles. The summed E-state index contributed by atoms with van der Waals surface area (Å²) in [6.07, 6.45) is 3.68. The van der Waals surface area contributed by atoms with E-state index in [1.807, 2.05) is 0 Å². The lowest BCUT2D eigenvalue weighted by molar-refractivity contribution is 0.325. The molecule has 10 aromatic rings. The second-order valence-corrected chi connectivity index (χ2v) is 17.5. The van der Waals surface area contributed by atoms with E-state index in [0.29, 0.717) is 6.54 Å². The average molecular weight is 869 g/mol. The minimum atomic E-state index is -0.442. The van der Waals surface area contributed by atoms with Crippen molar-refractivity contribution in [1.29, 1.82) is 0 Å². The molecule has 4 atom stereocenters. The van der Waals surface area contributed by atoms with Gasteiger partial charge in [0.1, 0.15) is 6.29 Å². The number of fused-ring (bicyclic) bond motifs is 4. The number of hydrogen-bond acceptors (Lipinski definition) is 6. The van der Waals surface area contributed by atoms with E-state index in [-0.39, 0.29) is 18.4 Å². The van der Waals surface area contributed by atoms with Gasteiger partial charge >= 0.3 is 0 Å². The van der Waals surface area contributed by atoms with Crippen LogP contribution in [0.1, 0.15) is 51.6 Å². The van der Waals surface area contributed by atoms with Crippen molar-refractivity contribution >= 4 is 54.5 Å². The molecule has 11 rings (SSSR count). The van der Waals surface area contributed by atoms with Gasteiger partial charge in [-0.1, -0.05) is 206 Å². The van der Waals surface area contributed by atoms with Gasteiger partial charge in [0.15, 0.2) is 0 Å². The predicted octanol–water partition coefficient (Wildman–Crippen LogP) is 12.6. The zero-order valence-corrected chi connectivity index (χ0v) is 37.1. The lowest BCUT2D eigenvalue weighted by Crippen LogP contribution is -2.57. The van der Waals surface area contributed by atoms with Crippen LogP contribution in [-0.4, -0.2) is 6.29 Å². The maximum atomic E-state index is 6.98. The molecule has 67 heavy (non-hydrogen) atoms. The van der Waals surface area contributed by atoms with E-state index in [1.54, 1.807) is 0 Å². The second kappa shape index (κ2) is 18.6. The SMILES string of the molecule is N/C(=C\C(NCc1cccc2ccccc12)c1ccc(-c2ccc(C(N)NC3NC(c4ccc5ccccc5c4)=CC(c4ccc5ccccc5c4)N3)cc2)cc1)c1cccc2ccccc12. The fraction of sp³-hybridized carbons (Fsp3) is 0.0820. The van der Waals surface area contributed by atoms with Crippen molar-refractivity contribution in [2.45, 2.75) is 31.1 Å². The zero-order chi connectivity index (χ0) is 45.1. The highest BCUT2D eigenvalue weighted by Gasteiger charge is 2.25. The lowest BCUT2D eigenvalue weighted by atomic mass is 9.96. The molecule has 0 saturated carbocycles. The fourth-order valence-corrected chi connectivity index (χ4v) is 9.59. The van der Waals surface area contributed by atoms with E-state index >= 15 is 0 Å². The summed E-state index contributed by atoms with van der Waals surface area (Å²) in [6.45, 7) is 0.680. The van der Waals surface area contributed by atoms with E-state index in [1.165, 1.54) is 48.8 Å². The van der Waals surface area contributed by atoms with Crippen LogP contribution < -0.4 is 32.7 Å².